The molecule has 0 radical (unpaired) electrons. The molecule has 4 N–H and O–H groups in total. The first-order chi connectivity index (χ1) is 22.5. The Morgan fingerprint density at radius 3 is 1.39 bits per heavy atom. The van der Waals surface area contributed by atoms with Crippen molar-refractivity contribution >= 4 is 95.5 Å². The topological polar surface area (TPSA) is 74.8 Å². The minimum Gasteiger partial charge on any atom is -0.543 e. The number of thiocarbonyl (C=S) groups is 3. The Kier molecular flexibility index (Phi) is 13.5. The van der Waals surface area contributed by atoms with Crippen LogP contribution in [0.2, 0.25) is 36.3 Å². The van der Waals surface area contributed by atoms with Gasteiger partial charge in [-0.25, -0.2) is 0 Å². The zero-order chi connectivity index (χ0) is 36.9. The van der Waals surface area contributed by atoms with Crippen molar-refractivity contribution in [2.75, 3.05) is 23.1 Å². The van der Waals surface area contributed by atoms with E-state index < -0.39 is 15.7 Å². The summed E-state index contributed by atoms with van der Waals surface area (Å²) in [4.78, 5) is 2.61. The molecule has 0 aliphatic carbocycles. The molecule has 0 unspecified atom stereocenters. The second kappa shape index (κ2) is 16.2. The van der Waals surface area contributed by atoms with E-state index >= 15 is 0 Å². The van der Waals surface area contributed by atoms with E-state index in [0.29, 0.717) is 10.8 Å². The molecule has 0 amide bonds. The Hall–Kier alpha value is -2.55. The van der Waals surface area contributed by atoms with Crippen LogP contribution in [-0.4, -0.2) is 42.9 Å². The van der Waals surface area contributed by atoms with Gasteiger partial charge in [0.05, 0.1) is 22.1 Å². The van der Waals surface area contributed by atoms with Crippen LogP contribution in [0.4, 0.5) is 17.1 Å². The van der Waals surface area contributed by atoms with Gasteiger partial charge in [0.1, 0.15) is 17.2 Å². The van der Waals surface area contributed by atoms with Crippen molar-refractivity contribution < 1.29 is 14.3 Å². The fraction of sp³-hybridized carbons (Fsp3) is 0.432. The summed E-state index contributed by atoms with van der Waals surface area (Å²) in [5, 5.41) is 19.0. The maximum Gasteiger partial charge on any atom is 0.250 e. The molecule has 49 heavy (non-hydrogen) atoms. The van der Waals surface area contributed by atoms with Gasteiger partial charge in [0.2, 0.25) is 8.32 Å². The minimum atomic E-state index is -1.75. The maximum absolute atomic E-state index is 9.11. The van der Waals surface area contributed by atoms with Gasteiger partial charge < -0.3 is 30.2 Å². The normalized spacial score (nSPS) is 14.6. The molecule has 0 fully saturated rings. The summed E-state index contributed by atoms with van der Waals surface area (Å²) in [7, 11) is -1.47. The Labute approximate surface area is 316 Å². The minimum absolute atomic E-state index is 0.222. The van der Waals surface area contributed by atoms with E-state index in [-0.39, 0.29) is 5.04 Å². The fourth-order valence-electron chi connectivity index (χ4n) is 4.27. The van der Waals surface area contributed by atoms with Crippen LogP contribution in [0.1, 0.15) is 58.2 Å². The fourth-order valence-corrected chi connectivity index (χ4v) is 6.08. The molecule has 12 heteroatoms. The summed E-state index contributed by atoms with van der Waals surface area (Å²) < 4.78 is 11.4. The summed E-state index contributed by atoms with van der Waals surface area (Å²) in [6.45, 7) is 22.2. The number of fused-ring (bicyclic) bond motifs is 3. The van der Waals surface area contributed by atoms with Gasteiger partial charge in [-0.15, -0.1) is 0 Å². The molecular formula is C37H52ClN3O3S3Si2. The molecular weight excluding hydrogens is 722 g/mol. The number of methoxy groups -OCH3 is 1. The number of hydrogen-bond donors (Lipinski definition) is 4. The van der Waals surface area contributed by atoms with E-state index in [1.54, 1.807) is 19.2 Å². The van der Waals surface area contributed by atoms with Gasteiger partial charge in [-0.3, -0.25) is 0 Å². The number of rotatable bonds is 3. The van der Waals surface area contributed by atoms with Crippen LogP contribution in [0.5, 0.6) is 17.2 Å². The molecule has 3 aliphatic heterocycles. The average molecular weight is 775 g/mol. The average Bonchev–Trinajstić information content (AvgIpc) is 3.64. The Bertz CT molecular complexity index is 1680. The van der Waals surface area contributed by atoms with Crippen LogP contribution in [0.3, 0.4) is 0 Å². The lowest BCUT2D eigenvalue weighted by atomic mass is 10.1. The van der Waals surface area contributed by atoms with Crippen LogP contribution < -0.4 is 25.1 Å². The third kappa shape index (κ3) is 11.8. The first-order valence-corrected chi connectivity index (χ1v) is 24.5. The second-order valence-corrected chi connectivity index (χ2v) is 28.9. The first kappa shape index (κ1) is 40.9. The zero-order valence-corrected chi connectivity index (χ0v) is 35.9. The number of hydrogen-bond acceptors (Lipinski definition) is 6. The Morgan fingerprint density at radius 1 is 0.633 bits per heavy atom. The highest BCUT2D eigenvalue weighted by Gasteiger charge is 2.39. The molecule has 0 spiro atoms. The Balaban J connectivity index is 0.000000185. The highest BCUT2D eigenvalue weighted by atomic mass is 35.6. The molecule has 266 valence electrons. The third-order valence-electron chi connectivity index (χ3n) is 9.32. The number of benzene rings is 3. The SMILES string of the molecule is CC(C)(C)[Si](C)(C)Cl.CC(C)(C)[Si](C)(C)Oc1ccc2c(c1)CC(=S)N2.COc1ccc2c(c1)CC(=S)N2.Oc1ccc2c(c1)CC(=S)N2. The van der Waals surface area contributed by atoms with Gasteiger partial charge in [-0.2, -0.15) is 11.1 Å². The van der Waals surface area contributed by atoms with E-state index in [0.717, 1.165) is 68.4 Å². The maximum atomic E-state index is 9.11. The quantitative estimate of drug-likeness (QED) is 0.0901. The Morgan fingerprint density at radius 2 is 1.00 bits per heavy atom. The highest BCUT2D eigenvalue weighted by molar-refractivity contribution is 7.81. The van der Waals surface area contributed by atoms with Crippen molar-refractivity contribution in [3.05, 3.63) is 71.3 Å². The van der Waals surface area contributed by atoms with E-state index in [9.17, 15) is 0 Å². The summed E-state index contributed by atoms with van der Waals surface area (Å²) in [5.41, 5.74) is 6.81. The van der Waals surface area contributed by atoms with Gasteiger partial charge in [0.25, 0.3) is 0 Å². The number of halogens is 1. The van der Waals surface area contributed by atoms with Crippen molar-refractivity contribution in [2.24, 2.45) is 0 Å². The van der Waals surface area contributed by atoms with Crippen LogP contribution in [0, 0.1) is 0 Å². The van der Waals surface area contributed by atoms with Gasteiger partial charge in [-0.1, -0.05) is 91.3 Å². The van der Waals surface area contributed by atoms with Crippen molar-refractivity contribution in [2.45, 2.75) is 97.1 Å². The smallest absolute Gasteiger partial charge is 0.250 e. The molecule has 3 aromatic carbocycles. The number of aromatic hydroxyl groups is 1. The van der Waals surface area contributed by atoms with Crippen molar-refractivity contribution in [3.8, 4) is 17.2 Å². The first-order valence-electron chi connectivity index (χ1n) is 16.4. The molecule has 3 aromatic rings. The summed E-state index contributed by atoms with van der Waals surface area (Å²) in [6, 6.07) is 17.4. The largest absolute Gasteiger partial charge is 0.543 e. The van der Waals surface area contributed by atoms with Crippen LogP contribution in [0.25, 0.3) is 0 Å². The highest BCUT2D eigenvalue weighted by Crippen LogP contribution is 2.39. The summed E-state index contributed by atoms with van der Waals surface area (Å²) in [6.07, 6.45) is 2.42. The summed E-state index contributed by atoms with van der Waals surface area (Å²) >= 11 is 21.4. The van der Waals surface area contributed by atoms with Crippen molar-refractivity contribution in [3.63, 3.8) is 0 Å². The molecule has 0 saturated heterocycles. The van der Waals surface area contributed by atoms with E-state index in [1.165, 1.54) is 11.1 Å². The molecule has 0 atom stereocenters. The molecule has 6 rings (SSSR count). The molecule has 6 nitrogen and oxygen atoms in total. The van der Waals surface area contributed by atoms with E-state index in [4.69, 9.17) is 62.0 Å². The van der Waals surface area contributed by atoms with Gasteiger partial charge in [0.15, 0.2) is 7.38 Å². The van der Waals surface area contributed by atoms with Crippen LogP contribution >= 0.6 is 47.7 Å². The van der Waals surface area contributed by atoms with Gasteiger partial charge in [0, 0.05) is 36.3 Å². The molecule has 0 saturated carbocycles. The predicted octanol–water partition coefficient (Wildman–Crippen LogP) is 11.3. The van der Waals surface area contributed by atoms with Gasteiger partial charge in [-0.05, 0) is 94.5 Å². The molecule has 0 aromatic heterocycles. The standard InChI is InChI=1S/C14H21NOSSi.C9H9NOS.C8H7NOS.C6H15ClSi/c1-14(2,3)18(4,5)16-11-6-7-12-10(8-11)9-13(17)15-12;1-11-7-2-3-8-6(4-7)5-9(12)10-8;10-6-1-2-7-5(3-6)4-8(11)9-7;1-6(2,3)8(4,5)7/h6-8H,9H2,1-5H3,(H,15,17);2-4H,5H2,1H3,(H,10,12);1-3,10H,4H2,(H,9,11);1-5H3. The van der Waals surface area contributed by atoms with Crippen molar-refractivity contribution in [1.82, 2.24) is 0 Å². The monoisotopic (exact) mass is 773 g/mol. The van der Waals surface area contributed by atoms with Crippen LogP contribution in [-0.2, 0) is 19.3 Å². The van der Waals surface area contributed by atoms with Crippen LogP contribution in [0.15, 0.2) is 54.6 Å². The molecule has 3 aliphatic rings. The number of ether oxygens (including phenoxy) is 1. The van der Waals surface area contributed by atoms with E-state index in [2.05, 4.69) is 95.8 Å². The van der Waals surface area contributed by atoms with Gasteiger partial charge >= 0.3 is 0 Å². The number of phenols is 1. The predicted molar refractivity (Wildman–Crippen MR) is 228 cm³/mol. The van der Waals surface area contributed by atoms with Crippen molar-refractivity contribution in [1.29, 1.82) is 0 Å². The lowest BCUT2D eigenvalue weighted by molar-refractivity contribution is 0.414. The number of anilines is 3. The third-order valence-corrected chi connectivity index (χ3v) is 19.7. The lowest BCUT2D eigenvalue weighted by Crippen LogP contribution is -2.43. The zero-order valence-electron chi connectivity index (χ0n) is 30.7. The second-order valence-electron chi connectivity index (χ2n) is 15.4. The van der Waals surface area contributed by atoms with E-state index in [1.807, 2.05) is 30.3 Å². The molecule has 0 bridgehead atoms. The lowest BCUT2D eigenvalue weighted by Gasteiger charge is -2.36. The number of nitrogens with one attached hydrogen (secondary N) is 3. The molecule has 3 heterocycles. The summed E-state index contributed by atoms with van der Waals surface area (Å²) in [5.74, 6) is 2.17. The number of phenolic OH excluding ortho intramolecular Hbond substituents is 1.